The molecule has 1 aromatic carbocycles. The fraction of sp³-hybridized carbons (Fsp3) is 0.647. The highest BCUT2D eigenvalue weighted by molar-refractivity contribution is 6.31. The number of benzene rings is 1. The van der Waals surface area contributed by atoms with Crippen molar-refractivity contribution in [3.63, 3.8) is 0 Å². The molecule has 3 nitrogen and oxygen atoms in total. The first-order valence-electron chi connectivity index (χ1n) is 7.85. The van der Waals surface area contributed by atoms with Crippen LogP contribution in [0.5, 0.6) is 0 Å². The third kappa shape index (κ3) is 5.59. The zero-order valence-electron chi connectivity index (χ0n) is 12.8. The van der Waals surface area contributed by atoms with Gasteiger partial charge in [0.1, 0.15) is 0 Å². The first-order valence-corrected chi connectivity index (χ1v) is 8.23. The number of ether oxygens (including phenoxy) is 1. The molecule has 1 aliphatic rings. The van der Waals surface area contributed by atoms with Crippen LogP contribution < -0.4 is 5.32 Å². The smallest absolute Gasteiger partial charge is 0.0897 e. The van der Waals surface area contributed by atoms with Gasteiger partial charge in [0.25, 0.3) is 0 Å². The molecule has 0 aliphatic heterocycles. The molecule has 1 unspecified atom stereocenters. The molecule has 1 fully saturated rings. The molecule has 118 valence electrons. The summed E-state index contributed by atoms with van der Waals surface area (Å²) in [5.41, 5.74) is 1.48. The average molecular weight is 312 g/mol. The van der Waals surface area contributed by atoms with E-state index in [1.165, 1.54) is 25.7 Å². The van der Waals surface area contributed by atoms with Crippen molar-refractivity contribution in [1.29, 1.82) is 0 Å². The Balaban J connectivity index is 1.58. The molecule has 0 spiro atoms. The molecule has 1 aromatic rings. The number of rotatable bonds is 10. The van der Waals surface area contributed by atoms with Gasteiger partial charge in [-0.2, -0.15) is 0 Å². The minimum Gasteiger partial charge on any atom is -0.389 e. The second-order valence-corrected chi connectivity index (χ2v) is 6.55. The van der Waals surface area contributed by atoms with Gasteiger partial charge in [-0.3, -0.25) is 0 Å². The summed E-state index contributed by atoms with van der Waals surface area (Å²) in [4.78, 5) is 0. The third-order valence-corrected chi connectivity index (χ3v) is 4.51. The van der Waals surface area contributed by atoms with E-state index in [4.69, 9.17) is 16.3 Å². The van der Waals surface area contributed by atoms with E-state index in [0.29, 0.717) is 30.2 Å². The first kappa shape index (κ1) is 16.8. The second-order valence-electron chi connectivity index (χ2n) is 6.14. The fourth-order valence-corrected chi connectivity index (χ4v) is 2.90. The van der Waals surface area contributed by atoms with Crippen LogP contribution in [-0.4, -0.2) is 30.9 Å². The number of aliphatic hydroxyl groups is 1. The van der Waals surface area contributed by atoms with Crippen molar-refractivity contribution in [2.75, 3.05) is 19.7 Å². The zero-order valence-corrected chi connectivity index (χ0v) is 13.5. The van der Waals surface area contributed by atoms with Crippen molar-refractivity contribution < 1.29 is 9.84 Å². The Morgan fingerprint density at radius 3 is 2.81 bits per heavy atom. The van der Waals surface area contributed by atoms with Crippen molar-refractivity contribution in [2.24, 2.45) is 5.41 Å². The van der Waals surface area contributed by atoms with Gasteiger partial charge in [0.05, 0.1) is 19.3 Å². The number of aliphatic hydroxyl groups excluding tert-OH is 1. The van der Waals surface area contributed by atoms with E-state index in [2.05, 4.69) is 12.2 Å². The predicted molar refractivity (Wildman–Crippen MR) is 86.6 cm³/mol. The van der Waals surface area contributed by atoms with Gasteiger partial charge in [0.2, 0.25) is 0 Å². The Morgan fingerprint density at radius 1 is 1.38 bits per heavy atom. The van der Waals surface area contributed by atoms with Crippen molar-refractivity contribution in [2.45, 2.75) is 45.3 Å². The number of nitrogens with one attached hydrogen (secondary N) is 1. The van der Waals surface area contributed by atoms with Crippen LogP contribution in [0.3, 0.4) is 0 Å². The van der Waals surface area contributed by atoms with E-state index >= 15 is 0 Å². The van der Waals surface area contributed by atoms with E-state index in [0.717, 1.165) is 12.1 Å². The van der Waals surface area contributed by atoms with Gasteiger partial charge in [-0.05, 0) is 36.3 Å². The minimum absolute atomic E-state index is 0.332. The summed E-state index contributed by atoms with van der Waals surface area (Å²) in [6.45, 7) is 4.61. The third-order valence-electron chi connectivity index (χ3n) is 4.14. The van der Waals surface area contributed by atoms with Crippen molar-refractivity contribution >= 4 is 11.6 Å². The predicted octanol–water partition coefficient (Wildman–Crippen LogP) is 3.39. The van der Waals surface area contributed by atoms with Gasteiger partial charge >= 0.3 is 0 Å². The Labute approximate surface area is 132 Å². The van der Waals surface area contributed by atoms with E-state index in [9.17, 15) is 5.11 Å². The minimum atomic E-state index is -0.468. The lowest BCUT2D eigenvalue weighted by molar-refractivity contribution is 0.0283. The van der Waals surface area contributed by atoms with Crippen molar-refractivity contribution in [1.82, 2.24) is 5.32 Å². The summed E-state index contributed by atoms with van der Waals surface area (Å²) in [5, 5.41) is 14.0. The fourth-order valence-electron chi connectivity index (χ4n) is 2.71. The molecule has 0 heterocycles. The number of halogens is 1. The molecule has 0 saturated heterocycles. The summed E-state index contributed by atoms with van der Waals surface area (Å²) in [5.74, 6) is 0. The molecule has 0 aromatic heterocycles. The van der Waals surface area contributed by atoms with Crippen LogP contribution in [0.4, 0.5) is 0 Å². The quantitative estimate of drug-likeness (QED) is 0.696. The first-order chi connectivity index (χ1) is 10.2. The monoisotopic (exact) mass is 311 g/mol. The zero-order chi connectivity index (χ0) is 15.1. The van der Waals surface area contributed by atoms with Gasteiger partial charge in [-0.1, -0.05) is 43.1 Å². The summed E-state index contributed by atoms with van der Waals surface area (Å²) in [6, 6.07) is 7.62. The normalized spacial score (nSPS) is 17.7. The summed E-state index contributed by atoms with van der Waals surface area (Å²) in [7, 11) is 0. The Bertz CT molecular complexity index is 435. The molecule has 4 heteroatoms. The molecule has 2 N–H and O–H groups in total. The van der Waals surface area contributed by atoms with Crippen LogP contribution in [0.25, 0.3) is 0 Å². The standard InChI is InChI=1S/C17H26ClNO2/c1-2-7-17(8-9-17)13-19-10-15(20)12-21-11-14-5-3-4-6-16(14)18/h3-6,15,19-20H,2,7-13H2,1H3. The van der Waals surface area contributed by atoms with Crippen LogP contribution in [0.2, 0.25) is 5.02 Å². The summed E-state index contributed by atoms with van der Waals surface area (Å²) < 4.78 is 5.53. The largest absolute Gasteiger partial charge is 0.389 e. The van der Waals surface area contributed by atoms with E-state index in [1.54, 1.807) is 0 Å². The molecule has 21 heavy (non-hydrogen) atoms. The van der Waals surface area contributed by atoms with E-state index < -0.39 is 6.10 Å². The summed E-state index contributed by atoms with van der Waals surface area (Å²) in [6.07, 6.45) is 4.72. The van der Waals surface area contributed by atoms with Gasteiger partial charge in [-0.15, -0.1) is 0 Å². The maximum atomic E-state index is 9.92. The average Bonchev–Trinajstić information content (AvgIpc) is 3.21. The van der Waals surface area contributed by atoms with Gasteiger partial charge in [0, 0.05) is 18.1 Å². The van der Waals surface area contributed by atoms with Gasteiger partial charge in [0.15, 0.2) is 0 Å². The highest BCUT2D eigenvalue weighted by atomic mass is 35.5. The Morgan fingerprint density at radius 2 is 2.14 bits per heavy atom. The van der Waals surface area contributed by atoms with E-state index in [1.807, 2.05) is 24.3 Å². The number of hydrogen-bond acceptors (Lipinski definition) is 3. The molecular weight excluding hydrogens is 286 g/mol. The molecule has 1 aliphatic carbocycles. The van der Waals surface area contributed by atoms with E-state index in [-0.39, 0.29) is 0 Å². The van der Waals surface area contributed by atoms with Crippen LogP contribution in [0, 0.1) is 5.41 Å². The van der Waals surface area contributed by atoms with Gasteiger partial charge < -0.3 is 15.2 Å². The van der Waals surface area contributed by atoms with Crippen LogP contribution in [0.1, 0.15) is 38.2 Å². The highest BCUT2D eigenvalue weighted by Crippen LogP contribution is 2.48. The SMILES string of the molecule is CCCC1(CNCC(O)COCc2ccccc2Cl)CC1. The summed E-state index contributed by atoms with van der Waals surface area (Å²) >= 11 is 6.06. The van der Waals surface area contributed by atoms with Crippen LogP contribution in [-0.2, 0) is 11.3 Å². The Kier molecular flexibility index (Phi) is 6.49. The highest BCUT2D eigenvalue weighted by Gasteiger charge is 2.40. The molecule has 0 bridgehead atoms. The van der Waals surface area contributed by atoms with Crippen molar-refractivity contribution in [3.05, 3.63) is 34.9 Å². The Hall–Kier alpha value is -0.610. The maximum Gasteiger partial charge on any atom is 0.0897 e. The van der Waals surface area contributed by atoms with Crippen LogP contribution >= 0.6 is 11.6 Å². The lowest BCUT2D eigenvalue weighted by Gasteiger charge is -2.17. The molecule has 0 amide bonds. The maximum absolute atomic E-state index is 9.92. The molecule has 2 rings (SSSR count). The molecular formula is C17H26ClNO2. The molecule has 1 saturated carbocycles. The second kappa shape index (κ2) is 8.14. The van der Waals surface area contributed by atoms with Gasteiger partial charge in [-0.25, -0.2) is 0 Å². The van der Waals surface area contributed by atoms with Crippen molar-refractivity contribution in [3.8, 4) is 0 Å². The van der Waals surface area contributed by atoms with Crippen LogP contribution in [0.15, 0.2) is 24.3 Å². The lowest BCUT2D eigenvalue weighted by atomic mass is 10.0. The lowest BCUT2D eigenvalue weighted by Crippen LogP contribution is -2.34. The molecule has 0 radical (unpaired) electrons. The topological polar surface area (TPSA) is 41.5 Å². The molecule has 1 atom stereocenters. The number of hydrogen-bond donors (Lipinski definition) is 2.